The van der Waals surface area contributed by atoms with Crippen molar-refractivity contribution in [2.24, 2.45) is 5.73 Å². The van der Waals surface area contributed by atoms with Crippen molar-refractivity contribution in [3.05, 3.63) is 58.8 Å². The Bertz CT molecular complexity index is 448. The van der Waals surface area contributed by atoms with Crippen LogP contribution in [0.5, 0.6) is 0 Å². The zero-order valence-corrected chi connectivity index (χ0v) is 10.2. The molecule has 2 rings (SSSR count). The van der Waals surface area contributed by atoms with Crippen molar-refractivity contribution in [3.8, 4) is 0 Å². The maximum absolute atomic E-state index is 5.78. The van der Waals surface area contributed by atoms with Crippen LogP contribution in [0, 0.1) is 13.8 Å². The second-order valence-electron chi connectivity index (χ2n) is 4.93. The first-order valence-corrected chi connectivity index (χ1v) is 5.74. The predicted molar refractivity (Wildman–Crippen MR) is 69.3 cm³/mol. The van der Waals surface area contributed by atoms with Gasteiger partial charge in [0.1, 0.15) is 0 Å². The number of benzene rings is 1. The van der Waals surface area contributed by atoms with Crippen LogP contribution in [0.15, 0.2) is 42.1 Å². The molecular weight excluding hydrogens is 194 g/mol. The van der Waals surface area contributed by atoms with E-state index in [1.54, 1.807) is 0 Å². The first-order chi connectivity index (χ1) is 7.53. The van der Waals surface area contributed by atoms with Crippen molar-refractivity contribution in [3.63, 3.8) is 0 Å². The molecule has 0 bridgehead atoms. The Balaban J connectivity index is 2.49. The van der Waals surface area contributed by atoms with Gasteiger partial charge in [-0.05, 0) is 43.0 Å². The summed E-state index contributed by atoms with van der Waals surface area (Å²) in [5.74, 6) is 0. The van der Waals surface area contributed by atoms with E-state index in [9.17, 15) is 0 Å². The lowest BCUT2D eigenvalue weighted by Gasteiger charge is -2.31. The first kappa shape index (κ1) is 11.0. The largest absolute Gasteiger partial charge is 0.399 e. The molecule has 0 fully saturated rings. The van der Waals surface area contributed by atoms with E-state index in [1.165, 1.54) is 16.7 Å². The number of allylic oxidation sites excluding steroid dienone is 3. The van der Waals surface area contributed by atoms with Crippen LogP contribution >= 0.6 is 0 Å². The topological polar surface area (TPSA) is 26.0 Å². The van der Waals surface area contributed by atoms with Crippen LogP contribution in [0.25, 0.3) is 0 Å². The lowest BCUT2D eigenvalue weighted by molar-refractivity contribution is 0.588. The van der Waals surface area contributed by atoms with Crippen LogP contribution in [0.4, 0.5) is 0 Å². The summed E-state index contributed by atoms with van der Waals surface area (Å²) in [6, 6.07) is 6.49. The van der Waals surface area contributed by atoms with E-state index in [2.05, 4.69) is 51.1 Å². The summed E-state index contributed by atoms with van der Waals surface area (Å²) in [6.45, 7) is 6.65. The molecule has 0 heterocycles. The molecule has 1 aromatic rings. The summed E-state index contributed by atoms with van der Waals surface area (Å²) < 4.78 is 0. The summed E-state index contributed by atoms with van der Waals surface area (Å²) in [7, 11) is 0. The highest BCUT2D eigenvalue weighted by Crippen LogP contribution is 2.36. The Morgan fingerprint density at radius 3 is 2.31 bits per heavy atom. The number of aryl methyl sites for hydroxylation is 2. The van der Waals surface area contributed by atoms with Gasteiger partial charge in [-0.1, -0.05) is 37.3 Å². The third-order valence-electron chi connectivity index (χ3n) is 3.46. The Morgan fingerprint density at radius 2 is 1.81 bits per heavy atom. The molecule has 1 atom stereocenters. The molecule has 0 aromatic heterocycles. The molecule has 1 heteroatoms. The average Bonchev–Trinajstić information content (AvgIpc) is 2.23. The molecule has 0 saturated carbocycles. The minimum absolute atomic E-state index is 0.0955. The molecular formula is C15H19N. The molecule has 0 spiro atoms. The zero-order chi connectivity index (χ0) is 11.8. The maximum Gasteiger partial charge on any atom is 0.0270 e. The number of hydrogen-bond acceptors (Lipinski definition) is 1. The Morgan fingerprint density at radius 1 is 1.19 bits per heavy atom. The first-order valence-electron chi connectivity index (χ1n) is 5.74. The predicted octanol–water partition coefficient (Wildman–Crippen LogP) is 3.36. The van der Waals surface area contributed by atoms with Gasteiger partial charge >= 0.3 is 0 Å². The highest BCUT2D eigenvalue weighted by molar-refractivity contribution is 5.45. The van der Waals surface area contributed by atoms with E-state index in [0.29, 0.717) is 0 Å². The molecule has 0 saturated heterocycles. The molecule has 1 aliphatic rings. The van der Waals surface area contributed by atoms with Gasteiger partial charge < -0.3 is 5.73 Å². The zero-order valence-electron chi connectivity index (χ0n) is 10.2. The van der Waals surface area contributed by atoms with Gasteiger partial charge in [-0.25, -0.2) is 0 Å². The Hall–Kier alpha value is -1.50. The fourth-order valence-corrected chi connectivity index (χ4v) is 2.65. The minimum Gasteiger partial charge on any atom is -0.399 e. The van der Waals surface area contributed by atoms with Crippen molar-refractivity contribution in [1.82, 2.24) is 0 Å². The fourth-order valence-electron chi connectivity index (χ4n) is 2.65. The van der Waals surface area contributed by atoms with Gasteiger partial charge in [0.25, 0.3) is 0 Å². The summed E-state index contributed by atoms with van der Waals surface area (Å²) in [5, 5.41) is 0. The molecule has 1 aliphatic carbocycles. The fraction of sp³-hybridized carbons (Fsp3) is 0.333. The smallest absolute Gasteiger partial charge is 0.0270 e. The van der Waals surface area contributed by atoms with Crippen molar-refractivity contribution >= 4 is 0 Å². The van der Waals surface area contributed by atoms with E-state index in [-0.39, 0.29) is 5.41 Å². The monoisotopic (exact) mass is 213 g/mol. The van der Waals surface area contributed by atoms with E-state index in [1.807, 2.05) is 6.08 Å². The molecule has 1 nitrogen and oxygen atoms in total. The van der Waals surface area contributed by atoms with Gasteiger partial charge in [-0.3, -0.25) is 0 Å². The maximum atomic E-state index is 5.78. The lowest BCUT2D eigenvalue weighted by Crippen LogP contribution is -2.23. The van der Waals surface area contributed by atoms with Gasteiger partial charge in [-0.15, -0.1) is 0 Å². The number of nitrogens with two attached hydrogens (primary N) is 1. The van der Waals surface area contributed by atoms with Gasteiger partial charge in [0.05, 0.1) is 0 Å². The van der Waals surface area contributed by atoms with Gasteiger partial charge in [0.2, 0.25) is 0 Å². The third kappa shape index (κ3) is 1.78. The summed E-state index contributed by atoms with van der Waals surface area (Å²) in [5.41, 5.74) is 10.9. The lowest BCUT2D eigenvalue weighted by atomic mass is 9.73. The van der Waals surface area contributed by atoms with Gasteiger partial charge in [0, 0.05) is 11.1 Å². The summed E-state index contributed by atoms with van der Waals surface area (Å²) in [6.07, 6.45) is 7.36. The van der Waals surface area contributed by atoms with Crippen molar-refractivity contribution in [2.45, 2.75) is 32.6 Å². The minimum atomic E-state index is 0.0955. The molecule has 1 unspecified atom stereocenters. The van der Waals surface area contributed by atoms with Gasteiger partial charge in [-0.2, -0.15) is 0 Å². The van der Waals surface area contributed by atoms with Crippen LogP contribution in [0.3, 0.4) is 0 Å². The highest BCUT2D eigenvalue weighted by Gasteiger charge is 2.27. The van der Waals surface area contributed by atoms with E-state index in [4.69, 9.17) is 5.73 Å². The van der Waals surface area contributed by atoms with Crippen LogP contribution in [-0.2, 0) is 5.41 Å². The normalized spacial score (nSPS) is 24.3. The standard InChI is InChI=1S/C15H19N/c1-11-5-4-6-12(2)14(11)15(3)9-7-13(16)8-10-15/h4-9H,10,16H2,1-3H3. The Kier molecular flexibility index (Phi) is 2.63. The third-order valence-corrected chi connectivity index (χ3v) is 3.46. The van der Waals surface area contributed by atoms with E-state index >= 15 is 0 Å². The van der Waals surface area contributed by atoms with Crippen molar-refractivity contribution < 1.29 is 0 Å². The van der Waals surface area contributed by atoms with Crippen LogP contribution in [0.1, 0.15) is 30.0 Å². The highest BCUT2D eigenvalue weighted by atomic mass is 14.6. The number of rotatable bonds is 1. The van der Waals surface area contributed by atoms with Crippen LogP contribution in [0.2, 0.25) is 0 Å². The molecule has 0 aliphatic heterocycles. The molecule has 0 radical (unpaired) electrons. The van der Waals surface area contributed by atoms with E-state index < -0.39 is 0 Å². The van der Waals surface area contributed by atoms with Crippen LogP contribution in [-0.4, -0.2) is 0 Å². The molecule has 1 aromatic carbocycles. The Labute approximate surface area is 97.7 Å². The summed E-state index contributed by atoms with van der Waals surface area (Å²) >= 11 is 0. The molecule has 0 amide bonds. The second kappa shape index (κ2) is 3.82. The molecule has 2 N–H and O–H groups in total. The second-order valence-corrected chi connectivity index (χ2v) is 4.93. The van der Waals surface area contributed by atoms with Gasteiger partial charge in [0.15, 0.2) is 0 Å². The molecule has 16 heavy (non-hydrogen) atoms. The van der Waals surface area contributed by atoms with Crippen molar-refractivity contribution in [2.75, 3.05) is 0 Å². The SMILES string of the molecule is Cc1cccc(C)c1C1(C)C=CC(N)=CC1. The summed E-state index contributed by atoms with van der Waals surface area (Å²) in [4.78, 5) is 0. The number of hydrogen-bond donors (Lipinski definition) is 1. The van der Waals surface area contributed by atoms with Crippen molar-refractivity contribution in [1.29, 1.82) is 0 Å². The quantitative estimate of drug-likeness (QED) is 0.760. The molecule has 84 valence electrons. The van der Waals surface area contributed by atoms with Crippen LogP contribution < -0.4 is 5.73 Å². The van der Waals surface area contributed by atoms with E-state index in [0.717, 1.165) is 12.1 Å². The average molecular weight is 213 g/mol.